The summed E-state index contributed by atoms with van der Waals surface area (Å²) in [7, 11) is 0. The van der Waals surface area contributed by atoms with E-state index in [-0.39, 0.29) is 0 Å². The molecule has 0 nitrogen and oxygen atoms in total. The van der Waals surface area contributed by atoms with E-state index in [4.69, 9.17) is 11.6 Å². The van der Waals surface area contributed by atoms with Gasteiger partial charge in [0.1, 0.15) is 0 Å². The molecule has 1 rings (SSSR count). The number of hydrogen-bond donors (Lipinski definition) is 0. The lowest BCUT2D eigenvalue weighted by molar-refractivity contribution is 1.04. The van der Waals surface area contributed by atoms with Crippen LogP contribution in [0.3, 0.4) is 0 Å². The summed E-state index contributed by atoms with van der Waals surface area (Å²) in [6, 6.07) is 0. The normalized spacial score (nSPS) is 17.6. The molecule has 1 aliphatic carbocycles. The summed E-state index contributed by atoms with van der Waals surface area (Å²) < 4.78 is 0. The molecule has 0 aromatic heterocycles. The van der Waals surface area contributed by atoms with Gasteiger partial charge in [0, 0.05) is 5.88 Å². The molecule has 0 atom stereocenters. The predicted molar refractivity (Wildman–Crippen MR) is 41.8 cm³/mol. The molecule has 1 heteroatoms. The second-order valence-corrected chi connectivity index (χ2v) is 2.71. The van der Waals surface area contributed by atoms with Crippen LogP contribution in [-0.4, -0.2) is 5.88 Å². The molecule has 0 radical (unpaired) electrons. The van der Waals surface area contributed by atoms with Crippen molar-refractivity contribution in [2.45, 2.75) is 19.8 Å². The van der Waals surface area contributed by atoms with Crippen LogP contribution in [0.25, 0.3) is 0 Å². The van der Waals surface area contributed by atoms with Crippen LogP contribution in [0.15, 0.2) is 23.3 Å². The van der Waals surface area contributed by atoms with E-state index in [2.05, 4.69) is 19.1 Å². The van der Waals surface area contributed by atoms with Crippen molar-refractivity contribution in [3.05, 3.63) is 23.3 Å². The van der Waals surface area contributed by atoms with Gasteiger partial charge in [-0.3, -0.25) is 0 Å². The van der Waals surface area contributed by atoms with Gasteiger partial charge in [-0.2, -0.15) is 0 Å². The third kappa shape index (κ3) is 1.59. The van der Waals surface area contributed by atoms with Crippen LogP contribution in [0.4, 0.5) is 0 Å². The fraction of sp³-hybridized carbons (Fsp3) is 0.500. The Hall–Kier alpha value is -0.230. The third-order valence-electron chi connectivity index (χ3n) is 1.69. The summed E-state index contributed by atoms with van der Waals surface area (Å²) in [5, 5.41) is 0. The first kappa shape index (κ1) is 6.88. The topological polar surface area (TPSA) is 0 Å². The molecule has 0 saturated heterocycles. The quantitative estimate of drug-likeness (QED) is 0.520. The minimum absolute atomic E-state index is 0.758. The largest absolute Gasteiger partial charge is 0.126 e. The molecular formula is C8H11Cl. The van der Waals surface area contributed by atoms with Gasteiger partial charge in [-0.05, 0) is 19.8 Å². The standard InChI is InChI=1S/C8H11Cl/c1-7-3-2-4-8(7)5-6-9/h2-3H,4-6H2,1H3. The molecule has 0 saturated carbocycles. The fourth-order valence-electron chi connectivity index (χ4n) is 1.07. The highest BCUT2D eigenvalue weighted by Gasteiger charge is 2.02. The Balaban J connectivity index is 2.51. The fourth-order valence-corrected chi connectivity index (χ4v) is 1.30. The molecule has 0 N–H and O–H groups in total. The summed E-state index contributed by atoms with van der Waals surface area (Å²) in [6.45, 7) is 2.14. The Bertz CT molecular complexity index is 154. The van der Waals surface area contributed by atoms with Crippen molar-refractivity contribution in [2.24, 2.45) is 0 Å². The van der Waals surface area contributed by atoms with Gasteiger partial charge in [-0.1, -0.05) is 23.3 Å². The van der Waals surface area contributed by atoms with Gasteiger partial charge in [0.05, 0.1) is 0 Å². The minimum atomic E-state index is 0.758. The molecular weight excluding hydrogens is 132 g/mol. The van der Waals surface area contributed by atoms with Crippen molar-refractivity contribution in [3.8, 4) is 0 Å². The molecule has 0 unspecified atom stereocenters. The molecule has 9 heavy (non-hydrogen) atoms. The highest BCUT2D eigenvalue weighted by atomic mass is 35.5. The van der Waals surface area contributed by atoms with E-state index in [9.17, 15) is 0 Å². The average molecular weight is 143 g/mol. The van der Waals surface area contributed by atoms with Gasteiger partial charge in [0.2, 0.25) is 0 Å². The van der Waals surface area contributed by atoms with Crippen LogP contribution in [-0.2, 0) is 0 Å². The Morgan fingerprint density at radius 1 is 1.67 bits per heavy atom. The lowest BCUT2D eigenvalue weighted by Gasteiger charge is -1.97. The number of hydrogen-bond acceptors (Lipinski definition) is 0. The molecule has 0 bridgehead atoms. The first-order valence-electron chi connectivity index (χ1n) is 3.25. The molecule has 0 aromatic rings. The Morgan fingerprint density at radius 2 is 2.44 bits per heavy atom. The van der Waals surface area contributed by atoms with E-state index in [1.54, 1.807) is 0 Å². The van der Waals surface area contributed by atoms with Crippen LogP contribution in [0, 0.1) is 0 Å². The van der Waals surface area contributed by atoms with Gasteiger partial charge < -0.3 is 0 Å². The van der Waals surface area contributed by atoms with Crippen molar-refractivity contribution in [3.63, 3.8) is 0 Å². The van der Waals surface area contributed by atoms with E-state index < -0.39 is 0 Å². The van der Waals surface area contributed by atoms with Crippen molar-refractivity contribution in [2.75, 3.05) is 5.88 Å². The molecule has 50 valence electrons. The monoisotopic (exact) mass is 142 g/mol. The maximum atomic E-state index is 5.58. The maximum Gasteiger partial charge on any atom is 0.0260 e. The van der Waals surface area contributed by atoms with Crippen LogP contribution in [0.1, 0.15) is 19.8 Å². The highest BCUT2D eigenvalue weighted by molar-refractivity contribution is 6.18. The van der Waals surface area contributed by atoms with Gasteiger partial charge in [0.15, 0.2) is 0 Å². The third-order valence-corrected chi connectivity index (χ3v) is 1.88. The van der Waals surface area contributed by atoms with Crippen LogP contribution >= 0.6 is 11.6 Å². The Morgan fingerprint density at radius 3 is 2.89 bits per heavy atom. The van der Waals surface area contributed by atoms with Crippen molar-refractivity contribution >= 4 is 11.6 Å². The zero-order chi connectivity index (χ0) is 6.69. The van der Waals surface area contributed by atoms with Crippen molar-refractivity contribution in [1.82, 2.24) is 0 Å². The van der Waals surface area contributed by atoms with Crippen LogP contribution in [0.5, 0.6) is 0 Å². The highest BCUT2D eigenvalue weighted by Crippen LogP contribution is 2.21. The molecule has 0 aliphatic heterocycles. The molecule has 0 spiro atoms. The number of halogens is 1. The minimum Gasteiger partial charge on any atom is -0.126 e. The summed E-state index contributed by atoms with van der Waals surface area (Å²) in [5.41, 5.74) is 2.92. The zero-order valence-corrected chi connectivity index (χ0v) is 6.41. The first-order valence-corrected chi connectivity index (χ1v) is 3.79. The van der Waals surface area contributed by atoms with E-state index >= 15 is 0 Å². The van der Waals surface area contributed by atoms with Crippen LogP contribution < -0.4 is 0 Å². The molecule has 0 amide bonds. The first-order chi connectivity index (χ1) is 4.34. The van der Waals surface area contributed by atoms with Gasteiger partial charge in [0.25, 0.3) is 0 Å². The van der Waals surface area contributed by atoms with E-state index in [1.807, 2.05) is 0 Å². The molecule has 0 fully saturated rings. The second kappa shape index (κ2) is 3.07. The maximum absolute atomic E-state index is 5.58. The molecule has 0 heterocycles. The van der Waals surface area contributed by atoms with Gasteiger partial charge >= 0.3 is 0 Å². The molecule has 0 aromatic carbocycles. The summed E-state index contributed by atoms with van der Waals surface area (Å²) in [6.07, 6.45) is 6.54. The lowest BCUT2D eigenvalue weighted by atomic mass is 10.1. The summed E-state index contributed by atoms with van der Waals surface area (Å²) in [4.78, 5) is 0. The zero-order valence-electron chi connectivity index (χ0n) is 5.65. The van der Waals surface area contributed by atoms with E-state index in [0.29, 0.717) is 0 Å². The SMILES string of the molecule is CC1=C(CCCl)CC=C1. The smallest absolute Gasteiger partial charge is 0.0260 e. The summed E-state index contributed by atoms with van der Waals surface area (Å²) in [5.74, 6) is 0.758. The van der Waals surface area contributed by atoms with Crippen molar-refractivity contribution < 1.29 is 0 Å². The summed E-state index contributed by atoms with van der Waals surface area (Å²) >= 11 is 5.58. The number of allylic oxidation sites excluding steroid dienone is 4. The second-order valence-electron chi connectivity index (χ2n) is 2.33. The van der Waals surface area contributed by atoms with E-state index in [0.717, 1.165) is 18.7 Å². The number of alkyl halides is 1. The Labute approximate surface area is 61.2 Å². The number of rotatable bonds is 2. The van der Waals surface area contributed by atoms with Gasteiger partial charge in [-0.25, -0.2) is 0 Å². The predicted octanol–water partition coefficient (Wildman–Crippen LogP) is 2.89. The lowest BCUT2D eigenvalue weighted by Crippen LogP contribution is -1.81. The average Bonchev–Trinajstić information content (AvgIpc) is 2.18. The van der Waals surface area contributed by atoms with Crippen LogP contribution in [0.2, 0.25) is 0 Å². The Kier molecular flexibility index (Phi) is 2.35. The van der Waals surface area contributed by atoms with Gasteiger partial charge in [-0.15, -0.1) is 11.6 Å². The van der Waals surface area contributed by atoms with Crippen molar-refractivity contribution in [1.29, 1.82) is 0 Å². The molecule has 1 aliphatic rings. The van der Waals surface area contributed by atoms with E-state index in [1.165, 1.54) is 11.1 Å².